The molecule has 7 heteroatoms. The first kappa shape index (κ1) is 23.5. The van der Waals surface area contributed by atoms with Gasteiger partial charge in [0.25, 0.3) is 0 Å². The summed E-state index contributed by atoms with van der Waals surface area (Å²) in [6, 6.07) is 12.6. The van der Waals surface area contributed by atoms with Crippen LogP contribution < -0.4 is 14.2 Å². The van der Waals surface area contributed by atoms with Crippen LogP contribution in [-0.4, -0.2) is 42.1 Å². The molecule has 0 aliphatic carbocycles. The Kier molecular flexibility index (Phi) is 7.13. The Bertz CT molecular complexity index is 1190. The summed E-state index contributed by atoms with van der Waals surface area (Å²) in [5.41, 5.74) is 2.81. The summed E-state index contributed by atoms with van der Waals surface area (Å²) in [5, 5.41) is 30.2. The molecule has 0 atom stereocenters. The first-order valence-electron chi connectivity index (χ1n) is 10.2. The van der Waals surface area contributed by atoms with Crippen LogP contribution in [0.4, 0.5) is 0 Å². The summed E-state index contributed by atoms with van der Waals surface area (Å²) in [7, 11) is 2.83. The van der Waals surface area contributed by atoms with Crippen molar-refractivity contribution in [1.29, 1.82) is 0 Å². The molecule has 0 saturated heterocycles. The number of phenols is 2. The summed E-state index contributed by atoms with van der Waals surface area (Å²) in [6.45, 7) is 4.22. The highest BCUT2D eigenvalue weighted by Gasteiger charge is 2.26. The SMILES string of the molecule is COc1cc(-c2ccc(OCC=C(C)C)c(O)c2)c(OC)c(C(=O)O)c1-c1ccc(O)cc1. The van der Waals surface area contributed by atoms with E-state index in [-0.39, 0.29) is 22.8 Å². The van der Waals surface area contributed by atoms with Crippen molar-refractivity contribution < 1.29 is 34.3 Å². The highest BCUT2D eigenvalue weighted by molar-refractivity contribution is 6.04. The first-order valence-corrected chi connectivity index (χ1v) is 10.2. The van der Waals surface area contributed by atoms with Crippen LogP contribution in [0, 0.1) is 0 Å². The lowest BCUT2D eigenvalue weighted by Crippen LogP contribution is -2.07. The fourth-order valence-corrected chi connectivity index (χ4v) is 3.45. The molecule has 3 aromatic rings. The molecular weight excluding hydrogens is 424 g/mol. The second-order valence-electron chi connectivity index (χ2n) is 7.54. The Morgan fingerprint density at radius 3 is 2.12 bits per heavy atom. The monoisotopic (exact) mass is 450 g/mol. The smallest absolute Gasteiger partial charge is 0.340 e. The fraction of sp³-hybridized carbons (Fsp3) is 0.192. The molecule has 0 fully saturated rings. The summed E-state index contributed by atoms with van der Waals surface area (Å²) >= 11 is 0. The first-order chi connectivity index (χ1) is 15.8. The Labute approximate surface area is 192 Å². The Morgan fingerprint density at radius 2 is 1.58 bits per heavy atom. The maximum atomic E-state index is 12.3. The lowest BCUT2D eigenvalue weighted by molar-refractivity contribution is 0.0694. The number of ether oxygens (including phenoxy) is 3. The number of allylic oxidation sites excluding steroid dienone is 1. The number of hydrogen-bond donors (Lipinski definition) is 3. The number of aromatic hydroxyl groups is 2. The molecule has 0 saturated carbocycles. The number of carboxylic acids is 1. The summed E-state index contributed by atoms with van der Waals surface area (Å²) in [6.07, 6.45) is 1.89. The highest BCUT2D eigenvalue weighted by Crippen LogP contribution is 2.46. The fourth-order valence-electron chi connectivity index (χ4n) is 3.45. The van der Waals surface area contributed by atoms with E-state index in [2.05, 4.69) is 0 Å². The van der Waals surface area contributed by atoms with E-state index in [1.807, 2.05) is 19.9 Å². The van der Waals surface area contributed by atoms with Crippen molar-refractivity contribution in [2.45, 2.75) is 13.8 Å². The topological polar surface area (TPSA) is 105 Å². The van der Waals surface area contributed by atoms with Crippen molar-refractivity contribution in [1.82, 2.24) is 0 Å². The highest BCUT2D eigenvalue weighted by atomic mass is 16.5. The predicted octanol–water partition coefficient (Wildman–Crippen LogP) is 5.49. The minimum Gasteiger partial charge on any atom is -0.508 e. The van der Waals surface area contributed by atoms with Gasteiger partial charge in [-0.1, -0.05) is 23.8 Å². The molecule has 3 N–H and O–H groups in total. The number of benzene rings is 3. The molecule has 3 aromatic carbocycles. The van der Waals surface area contributed by atoms with Gasteiger partial charge < -0.3 is 29.5 Å². The van der Waals surface area contributed by atoms with E-state index in [9.17, 15) is 20.1 Å². The maximum Gasteiger partial charge on any atom is 0.340 e. The summed E-state index contributed by atoms with van der Waals surface area (Å²) < 4.78 is 16.7. The van der Waals surface area contributed by atoms with E-state index in [4.69, 9.17) is 14.2 Å². The quantitative estimate of drug-likeness (QED) is 0.390. The van der Waals surface area contributed by atoms with Gasteiger partial charge in [-0.3, -0.25) is 0 Å². The van der Waals surface area contributed by atoms with Gasteiger partial charge in [-0.25, -0.2) is 4.79 Å². The molecule has 0 aliphatic rings. The molecule has 3 rings (SSSR count). The number of carbonyl (C=O) groups is 1. The molecule has 172 valence electrons. The van der Waals surface area contributed by atoms with Crippen LogP contribution in [0.1, 0.15) is 24.2 Å². The second-order valence-corrected chi connectivity index (χ2v) is 7.54. The minimum atomic E-state index is -1.21. The van der Waals surface area contributed by atoms with E-state index in [1.165, 1.54) is 32.4 Å². The Hall–Kier alpha value is -4.13. The zero-order valence-corrected chi connectivity index (χ0v) is 18.9. The van der Waals surface area contributed by atoms with Gasteiger partial charge in [0, 0.05) is 11.1 Å². The van der Waals surface area contributed by atoms with E-state index in [0.717, 1.165) is 5.57 Å². The van der Waals surface area contributed by atoms with Crippen molar-refractivity contribution in [3.8, 4) is 51.0 Å². The molecule has 0 amide bonds. The Morgan fingerprint density at radius 1 is 0.909 bits per heavy atom. The van der Waals surface area contributed by atoms with Crippen LogP contribution in [0.5, 0.6) is 28.7 Å². The number of carboxylic acid groups (broad SMARTS) is 1. The maximum absolute atomic E-state index is 12.3. The number of hydrogen-bond acceptors (Lipinski definition) is 6. The molecule has 0 radical (unpaired) electrons. The van der Waals surface area contributed by atoms with Gasteiger partial charge >= 0.3 is 5.97 Å². The van der Waals surface area contributed by atoms with Crippen LogP contribution in [-0.2, 0) is 0 Å². The van der Waals surface area contributed by atoms with Gasteiger partial charge in [0.1, 0.15) is 29.4 Å². The zero-order valence-electron chi connectivity index (χ0n) is 18.9. The van der Waals surface area contributed by atoms with Crippen molar-refractivity contribution in [2.24, 2.45) is 0 Å². The number of aromatic carboxylic acids is 1. The predicted molar refractivity (Wildman–Crippen MR) is 126 cm³/mol. The van der Waals surface area contributed by atoms with Gasteiger partial charge in [0.05, 0.1) is 14.2 Å². The average molecular weight is 450 g/mol. The largest absolute Gasteiger partial charge is 0.508 e. The summed E-state index contributed by atoms with van der Waals surface area (Å²) in [5.74, 6) is -0.515. The van der Waals surface area contributed by atoms with Crippen molar-refractivity contribution in [2.75, 3.05) is 20.8 Å². The van der Waals surface area contributed by atoms with Crippen molar-refractivity contribution in [3.63, 3.8) is 0 Å². The van der Waals surface area contributed by atoms with E-state index in [1.54, 1.807) is 30.3 Å². The molecular formula is C26H26O7. The molecule has 0 aliphatic heterocycles. The van der Waals surface area contributed by atoms with E-state index < -0.39 is 5.97 Å². The van der Waals surface area contributed by atoms with Crippen LogP contribution in [0.25, 0.3) is 22.3 Å². The second kappa shape index (κ2) is 9.99. The van der Waals surface area contributed by atoms with E-state index >= 15 is 0 Å². The van der Waals surface area contributed by atoms with Gasteiger partial charge in [-0.05, 0) is 61.4 Å². The molecule has 33 heavy (non-hydrogen) atoms. The van der Waals surface area contributed by atoms with Crippen molar-refractivity contribution >= 4 is 5.97 Å². The molecule has 0 bridgehead atoms. The molecule has 7 nitrogen and oxygen atoms in total. The van der Waals surface area contributed by atoms with Gasteiger partial charge in [-0.2, -0.15) is 0 Å². The number of methoxy groups -OCH3 is 2. The zero-order chi connectivity index (χ0) is 24.1. The summed E-state index contributed by atoms with van der Waals surface area (Å²) in [4.78, 5) is 12.3. The standard InChI is InChI=1S/C26H26O7/c1-15(2)11-12-33-21-10-7-17(13-20(21)28)19-14-22(31-3)23(16-5-8-18(27)9-6-16)24(26(29)30)25(19)32-4/h5-11,13-14,27-28H,12H2,1-4H3,(H,29,30). The lowest BCUT2D eigenvalue weighted by Gasteiger charge is -2.19. The van der Waals surface area contributed by atoms with Crippen LogP contribution in [0.2, 0.25) is 0 Å². The van der Waals surface area contributed by atoms with Gasteiger partial charge in [0.15, 0.2) is 11.5 Å². The molecule has 0 unspecified atom stereocenters. The molecule has 0 aromatic heterocycles. The number of rotatable bonds is 8. The third kappa shape index (κ3) is 5.03. The van der Waals surface area contributed by atoms with Crippen LogP contribution >= 0.6 is 0 Å². The third-order valence-electron chi connectivity index (χ3n) is 5.04. The van der Waals surface area contributed by atoms with Crippen LogP contribution in [0.3, 0.4) is 0 Å². The van der Waals surface area contributed by atoms with Crippen molar-refractivity contribution in [3.05, 3.63) is 65.7 Å². The minimum absolute atomic E-state index is 0.0561. The normalized spacial score (nSPS) is 10.4. The third-order valence-corrected chi connectivity index (χ3v) is 5.04. The van der Waals surface area contributed by atoms with Gasteiger partial charge in [0.2, 0.25) is 0 Å². The average Bonchev–Trinajstić information content (AvgIpc) is 2.79. The Balaban J connectivity index is 2.18. The lowest BCUT2D eigenvalue weighted by atomic mass is 9.92. The van der Waals surface area contributed by atoms with Gasteiger partial charge in [-0.15, -0.1) is 0 Å². The number of phenolic OH excluding ortho intramolecular Hbond substituents is 2. The van der Waals surface area contributed by atoms with E-state index in [0.29, 0.717) is 40.4 Å². The molecule has 0 heterocycles. The molecule has 0 spiro atoms. The van der Waals surface area contributed by atoms with Crippen LogP contribution in [0.15, 0.2) is 60.2 Å².